The number of hydrogen-bond donors (Lipinski definition) is 2. The van der Waals surface area contributed by atoms with Crippen LogP contribution in [0.3, 0.4) is 0 Å². The van der Waals surface area contributed by atoms with Gasteiger partial charge in [0.1, 0.15) is 5.82 Å². The molecule has 1 unspecified atom stereocenters. The van der Waals surface area contributed by atoms with E-state index >= 15 is 0 Å². The molecule has 116 valence electrons. The number of amides is 1. The number of rotatable bonds is 3. The summed E-state index contributed by atoms with van der Waals surface area (Å²) in [5.74, 6) is 0.860. The van der Waals surface area contributed by atoms with Crippen LogP contribution in [0.15, 0.2) is 53.4 Å². The summed E-state index contributed by atoms with van der Waals surface area (Å²) in [6.45, 7) is 1.96. The number of thioether (sulfide) groups is 1. The van der Waals surface area contributed by atoms with Crippen LogP contribution in [0.2, 0.25) is 0 Å². The minimum absolute atomic E-state index is 0.0563. The van der Waals surface area contributed by atoms with E-state index in [4.69, 9.17) is 0 Å². The smallest absolute Gasteiger partial charge is 0.234 e. The lowest BCUT2D eigenvalue weighted by atomic mass is 10.1. The number of benzene rings is 2. The summed E-state index contributed by atoms with van der Waals surface area (Å²) in [7, 11) is 0. The fraction of sp³-hybridized carbons (Fsp3) is 0.222. The standard InChI is InChI=1S/C18H17N3OS/c1-11(17-20-13-7-3-4-8-14(13)21-17)19-18(22)16-10-12-6-2-5-9-15(12)23-16/h2-9,11,16H,10H2,1H3,(H,19,22)(H,20,21)/t11-,16?/m0/s1. The zero-order valence-electron chi connectivity index (χ0n) is 12.7. The average Bonchev–Trinajstić information content (AvgIpc) is 3.18. The Hall–Kier alpha value is -2.27. The lowest BCUT2D eigenvalue weighted by molar-refractivity contribution is -0.121. The van der Waals surface area contributed by atoms with E-state index in [-0.39, 0.29) is 17.2 Å². The SMILES string of the molecule is C[C@H](NC(=O)C1Cc2ccccc2S1)c1nc2ccccc2[nH]1. The van der Waals surface area contributed by atoms with E-state index < -0.39 is 0 Å². The highest BCUT2D eigenvalue weighted by Crippen LogP contribution is 2.37. The van der Waals surface area contributed by atoms with E-state index in [1.165, 1.54) is 10.5 Å². The van der Waals surface area contributed by atoms with Crippen molar-refractivity contribution >= 4 is 28.7 Å². The first-order valence-corrected chi connectivity index (χ1v) is 8.58. The number of imidazole rings is 1. The second-order valence-electron chi connectivity index (χ2n) is 5.79. The van der Waals surface area contributed by atoms with Crippen molar-refractivity contribution < 1.29 is 4.79 Å². The zero-order chi connectivity index (χ0) is 15.8. The van der Waals surface area contributed by atoms with Crippen molar-refractivity contribution in [2.24, 2.45) is 0 Å². The number of H-pyrrole nitrogens is 1. The van der Waals surface area contributed by atoms with Crippen LogP contribution in [0.1, 0.15) is 24.4 Å². The molecule has 0 saturated carbocycles. The third-order valence-electron chi connectivity index (χ3n) is 4.12. The molecule has 3 aromatic rings. The van der Waals surface area contributed by atoms with Crippen LogP contribution in [0, 0.1) is 0 Å². The zero-order valence-corrected chi connectivity index (χ0v) is 13.6. The molecule has 23 heavy (non-hydrogen) atoms. The highest BCUT2D eigenvalue weighted by molar-refractivity contribution is 8.01. The van der Waals surface area contributed by atoms with E-state index in [1.54, 1.807) is 11.8 Å². The van der Waals surface area contributed by atoms with Gasteiger partial charge in [0, 0.05) is 4.90 Å². The van der Waals surface area contributed by atoms with Gasteiger partial charge in [-0.15, -0.1) is 11.8 Å². The maximum absolute atomic E-state index is 12.5. The minimum Gasteiger partial charge on any atom is -0.345 e. The van der Waals surface area contributed by atoms with Gasteiger partial charge in [-0.2, -0.15) is 0 Å². The summed E-state index contributed by atoms with van der Waals surface area (Å²) in [4.78, 5) is 21.6. The van der Waals surface area contributed by atoms with Crippen LogP contribution in [-0.2, 0) is 11.2 Å². The molecule has 4 nitrogen and oxygen atoms in total. The number of para-hydroxylation sites is 2. The Balaban J connectivity index is 1.46. The van der Waals surface area contributed by atoms with Gasteiger partial charge in [0.15, 0.2) is 0 Å². The molecule has 0 bridgehead atoms. The molecule has 4 rings (SSSR count). The lowest BCUT2D eigenvalue weighted by Crippen LogP contribution is -2.34. The normalized spacial score (nSPS) is 17.9. The molecule has 0 saturated heterocycles. The molecule has 0 radical (unpaired) electrons. The number of aromatic amines is 1. The highest BCUT2D eigenvalue weighted by Gasteiger charge is 2.29. The Kier molecular flexibility index (Phi) is 3.58. The van der Waals surface area contributed by atoms with Crippen molar-refractivity contribution in [3.05, 3.63) is 59.9 Å². The number of aromatic nitrogens is 2. The topological polar surface area (TPSA) is 57.8 Å². The Morgan fingerprint density at radius 2 is 2.04 bits per heavy atom. The first-order chi connectivity index (χ1) is 11.2. The summed E-state index contributed by atoms with van der Waals surface area (Å²) in [6, 6.07) is 16.0. The Labute approximate surface area is 138 Å². The largest absolute Gasteiger partial charge is 0.345 e. The summed E-state index contributed by atoms with van der Waals surface area (Å²) in [5, 5.41) is 3.02. The molecule has 0 spiro atoms. The molecule has 0 aliphatic carbocycles. The number of fused-ring (bicyclic) bond motifs is 2. The Morgan fingerprint density at radius 1 is 1.26 bits per heavy atom. The first kappa shape index (κ1) is 14.3. The molecule has 1 aromatic heterocycles. The number of carbonyl (C=O) groups excluding carboxylic acids is 1. The minimum atomic E-state index is -0.140. The molecule has 2 heterocycles. The maximum Gasteiger partial charge on any atom is 0.234 e. The third kappa shape index (κ3) is 2.72. The monoisotopic (exact) mass is 323 g/mol. The molecule has 0 fully saturated rings. The quantitative estimate of drug-likeness (QED) is 0.776. The number of nitrogens with one attached hydrogen (secondary N) is 2. The molecule has 1 aliphatic rings. The highest BCUT2D eigenvalue weighted by atomic mass is 32.2. The maximum atomic E-state index is 12.5. The van der Waals surface area contributed by atoms with Gasteiger partial charge in [0.2, 0.25) is 5.91 Å². The first-order valence-electron chi connectivity index (χ1n) is 7.70. The van der Waals surface area contributed by atoms with E-state index in [9.17, 15) is 4.79 Å². The second kappa shape index (κ2) is 5.74. The number of nitrogens with zero attached hydrogens (tertiary/aromatic N) is 1. The predicted octanol–water partition coefficient (Wildman–Crippen LogP) is 3.46. The fourth-order valence-corrected chi connectivity index (χ4v) is 4.09. The van der Waals surface area contributed by atoms with Crippen LogP contribution >= 0.6 is 11.8 Å². The second-order valence-corrected chi connectivity index (χ2v) is 7.03. The van der Waals surface area contributed by atoms with Gasteiger partial charge in [-0.3, -0.25) is 4.79 Å². The van der Waals surface area contributed by atoms with Gasteiger partial charge < -0.3 is 10.3 Å². The Bertz CT molecular complexity index is 815. The predicted molar refractivity (Wildman–Crippen MR) is 92.4 cm³/mol. The number of carbonyl (C=O) groups is 1. The van der Waals surface area contributed by atoms with E-state index in [1.807, 2.05) is 43.3 Å². The summed E-state index contributed by atoms with van der Waals surface area (Å²) in [6.07, 6.45) is 0.791. The van der Waals surface area contributed by atoms with Gasteiger partial charge in [-0.05, 0) is 37.1 Å². The number of hydrogen-bond acceptors (Lipinski definition) is 3. The van der Waals surface area contributed by atoms with Gasteiger partial charge in [-0.1, -0.05) is 30.3 Å². The van der Waals surface area contributed by atoms with Gasteiger partial charge in [-0.25, -0.2) is 4.98 Å². The van der Waals surface area contributed by atoms with Gasteiger partial charge in [0.05, 0.1) is 22.3 Å². The van der Waals surface area contributed by atoms with E-state index in [2.05, 4.69) is 27.4 Å². The van der Waals surface area contributed by atoms with E-state index in [0.29, 0.717) is 0 Å². The summed E-state index contributed by atoms with van der Waals surface area (Å²) >= 11 is 1.64. The fourth-order valence-electron chi connectivity index (χ4n) is 2.88. The Morgan fingerprint density at radius 3 is 2.87 bits per heavy atom. The average molecular weight is 323 g/mol. The molecule has 5 heteroatoms. The lowest BCUT2D eigenvalue weighted by Gasteiger charge is -2.14. The molecule has 1 aliphatic heterocycles. The van der Waals surface area contributed by atoms with Crippen molar-refractivity contribution in [2.45, 2.75) is 29.5 Å². The van der Waals surface area contributed by atoms with Crippen molar-refractivity contribution in [1.29, 1.82) is 0 Å². The van der Waals surface area contributed by atoms with Crippen LogP contribution in [0.25, 0.3) is 11.0 Å². The molecular weight excluding hydrogens is 306 g/mol. The van der Waals surface area contributed by atoms with Gasteiger partial charge in [0.25, 0.3) is 0 Å². The third-order valence-corrected chi connectivity index (χ3v) is 5.43. The van der Waals surface area contributed by atoms with Crippen molar-refractivity contribution in [1.82, 2.24) is 15.3 Å². The van der Waals surface area contributed by atoms with Crippen LogP contribution in [0.4, 0.5) is 0 Å². The van der Waals surface area contributed by atoms with Crippen molar-refractivity contribution in [2.75, 3.05) is 0 Å². The summed E-state index contributed by atoms with van der Waals surface area (Å²) < 4.78 is 0. The molecule has 1 amide bonds. The van der Waals surface area contributed by atoms with Gasteiger partial charge >= 0.3 is 0 Å². The van der Waals surface area contributed by atoms with Crippen molar-refractivity contribution in [3.8, 4) is 0 Å². The summed E-state index contributed by atoms with van der Waals surface area (Å²) in [5.41, 5.74) is 3.17. The van der Waals surface area contributed by atoms with Crippen LogP contribution in [0.5, 0.6) is 0 Å². The molecule has 2 aromatic carbocycles. The molecule has 2 atom stereocenters. The molecule has 2 N–H and O–H groups in total. The van der Waals surface area contributed by atoms with Crippen LogP contribution < -0.4 is 5.32 Å². The van der Waals surface area contributed by atoms with Crippen LogP contribution in [-0.4, -0.2) is 21.1 Å². The van der Waals surface area contributed by atoms with Crippen molar-refractivity contribution in [3.63, 3.8) is 0 Å². The molecular formula is C18H17N3OS. The van der Waals surface area contributed by atoms with E-state index in [0.717, 1.165) is 23.3 Å².